The first-order valence-electron chi connectivity index (χ1n) is 18.6. The monoisotopic (exact) mass is 700 g/mol. The molecule has 11 rings (SSSR count). The highest BCUT2D eigenvalue weighted by atomic mass is 16.3. The van der Waals surface area contributed by atoms with E-state index in [4.69, 9.17) is 14.4 Å². The van der Waals surface area contributed by atoms with Crippen molar-refractivity contribution in [2.75, 3.05) is 0 Å². The second kappa shape index (κ2) is 12.6. The maximum absolute atomic E-state index is 6.52. The van der Waals surface area contributed by atoms with Crippen molar-refractivity contribution in [1.82, 2.24) is 9.97 Å². The molecule has 256 valence electrons. The molecule has 0 saturated carbocycles. The van der Waals surface area contributed by atoms with E-state index >= 15 is 0 Å². The van der Waals surface area contributed by atoms with Gasteiger partial charge < -0.3 is 4.42 Å². The highest BCUT2D eigenvalue weighted by Crippen LogP contribution is 2.41. The molecule has 0 atom stereocenters. The molecule has 55 heavy (non-hydrogen) atoms. The van der Waals surface area contributed by atoms with Crippen molar-refractivity contribution in [3.05, 3.63) is 194 Å². The highest BCUT2D eigenvalue weighted by Gasteiger charge is 2.18. The molecule has 0 unspecified atom stereocenters. The Morgan fingerprint density at radius 2 is 0.800 bits per heavy atom. The molecule has 2 heterocycles. The Morgan fingerprint density at radius 1 is 0.291 bits per heavy atom. The van der Waals surface area contributed by atoms with Crippen LogP contribution in [0.5, 0.6) is 0 Å². The van der Waals surface area contributed by atoms with Crippen LogP contribution in [0.2, 0.25) is 0 Å². The minimum absolute atomic E-state index is 0.682. The van der Waals surface area contributed by atoms with Crippen molar-refractivity contribution < 1.29 is 4.42 Å². The summed E-state index contributed by atoms with van der Waals surface area (Å²) in [5.74, 6) is 0.682. The van der Waals surface area contributed by atoms with E-state index in [9.17, 15) is 0 Å². The SMILES string of the molecule is c1ccc(-c2ccc(-c3cc(-c4cccc5oc6ccc(-c7ccc8c9ccccc9c9ccccc9c8c7)cc6c45)nc(-c4ccccc4)n3)cc2)cc1. The van der Waals surface area contributed by atoms with Crippen LogP contribution < -0.4 is 0 Å². The standard InChI is InChI=1S/C52H32N2O/c1-3-12-33(13-4-1)34-22-24-35(25-23-34)47-32-48(54-52(53-47)36-14-5-2-6-15-36)44-20-11-21-50-51(44)46-31-38(27-29-49(46)55-50)37-26-28-43-41-18-8-7-16-39(41)40-17-9-10-19-42(40)45(43)30-37/h1-32H. The van der Waals surface area contributed by atoms with Crippen LogP contribution in [0.15, 0.2) is 199 Å². The molecule has 0 aliphatic heterocycles. The van der Waals surface area contributed by atoms with E-state index < -0.39 is 0 Å². The molecule has 3 heteroatoms. The maximum atomic E-state index is 6.52. The average molecular weight is 701 g/mol. The fourth-order valence-electron chi connectivity index (χ4n) is 8.22. The predicted octanol–water partition coefficient (Wildman–Crippen LogP) is 14.2. The van der Waals surface area contributed by atoms with Gasteiger partial charge >= 0.3 is 0 Å². The normalized spacial score (nSPS) is 11.6. The van der Waals surface area contributed by atoms with Crippen LogP contribution in [0.3, 0.4) is 0 Å². The summed E-state index contributed by atoms with van der Waals surface area (Å²) >= 11 is 0. The Kier molecular flexibility index (Phi) is 7.17. The summed E-state index contributed by atoms with van der Waals surface area (Å²) in [7, 11) is 0. The van der Waals surface area contributed by atoms with Crippen LogP contribution >= 0.6 is 0 Å². The zero-order valence-electron chi connectivity index (χ0n) is 29.8. The molecule has 9 aromatic carbocycles. The zero-order chi connectivity index (χ0) is 36.3. The van der Waals surface area contributed by atoms with Crippen LogP contribution in [0.1, 0.15) is 0 Å². The van der Waals surface area contributed by atoms with Crippen molar-refractivity contribution in [2.24, 2.45) is 0 Å². The van der Waals surface area contributed by atoms with Gasteiger partial charge in [0.25, 0.3) is 0 Å². The topological polar surface area (TPSA) is 38.9 Å². The molecule has 11 aromatic rings. The number of fused-ring (bicyclic) bond motifs is 9. The fraction of sp³-hybridized carbons (Fsp3) is 0. The highest BCUT2D eigenvalue weighted by molar-refractivity contribution is 6.26. The number of hydrogen-bond donors (Lipinski definition) is 0. The summed E-state index contributed by atoms with van der Waals surface area (Å²) in [6.45, 7) is 0. The fourth-order valence-corrected chi connectivity index (χ4v) is 8.22. The molecule has 0 saturated heterocycles. The van der Waals surface area contributed by atoms with E-state index in [1.165, 1.54) is 43.4 Å². The summed E-state index contributed by atoms with van der Waals surface area (Å²) in [6.07, 6.45) is 0. The second-order valence-electron chi connectivity index (χ2n) is 14.1. The molecule has 3 nitrogen and oxygen atoms in total. The average Bonchev–Trinajstić information content (AvgIpc) is 3.65. The first-order valence-corrected chi connectivity index (χ1v) is 18.6. The molecule has 0 aliphatic rings. The molecular weight excluding hydrogens is 669 g/mol. The van der Waals surface area contributed by atoms with Crippen LogP contribution in [-0.4, -0.2) is 9.97 Å². The van der Waals surface area contributed by atoms with E-state index in [-0.39, 0.29) is 0 Å². The van der Waals surface area contributed by atoms with E-state index in [0.717, 1.165) is 61.1 Å². The Hall–Kier alpha value is -7.36. The lowest BCUT2D eigenvalue weighted by Crippen LogP contribution is -1.96. The minimum atomic E-state index is 0.682. The van der Waals surface area contributed by atoms with Gasteiger partial charge in [0.15, 0.2) is 5.82 Å². The van der Waals surface area contributed by atoms with Crippen molar-refractivity contribution in [3.8, 4) is 56.2 Å². The second-order valence-corrected chi connectivity index (χ2v) is 14.1. The van der Waals surface area contributed by atoms with Crippen molar-refractivity contribution >= 4 is 54.3 Å². The smallest absolute Gasteiger partial charge is 0.160 e. The van der Waals surface area contributed by atoms with Gasteiger partial charge in [-0.2, -0.15) is 0 Å². The Morgan fingerprint density at radius 3 is 1.49 bits per heavy atom. The van der Waals surface area contributed by atoms with Gasteiger partial charge in [-0.05, 0) is 84.9 Å². The van der Waals surface area contributed by atoms with Gasteiger partial charge in [-0.15, -0.1) is 0 Å². The largest absolute Gasteiger partial charge is 0.456 e. The number of benzene rings is 9. The summed E-state index contributed by atoms with van der Waals surface area (Å²) in [5.41, 5.74) is 11.0. The van der Waals surface area contributed by atoms with Gasteiger partial charge in [-0.1, -0.05) is 164 Å². The molecule has 0 amide bonds. The van der Waals surface area contributed by atoms with Gasteiger partial charge in [0.2, 0.25) is 0 Å². The third-order valence-electron chi connectivity index (χ3n) is 10.9. The number of nitrogens with zero attached hydrogens (tertiary/aromatic N) is 2. The van der Waals surface area contributed by atoms with Crippen LogP contribution in [0.4, 0.5) is 0 Å². The summed E-state index contributed by atoms with van der Waals surface area (Å²) in [5, 5.41) is 9.70. The quantitative estimate of drug-likeness (QED) is 0.168. The molecular formula is C52H32N2O. The molecule has 2 aromatic heterocycles. The van der Waals surface area contributed by atoms with Gasteiger partial charge in [-0.25, -0.2) is 9.97 Å². The summed E-state index contributed by atoms with van der Waals surface area (Å²) in [6, 6.07) is 68.6. The van der Waals surface area contributed by atoms with Crippen molar-refractivity contribution in [2.45, 2.75) is 0 Å². The lowest BCUT2D eigenvalue weighted by atomic mass is 9.91. The van der Waals surface area contributed by atoms with E-state index in [1.54, 1.807) is 0 Å². The lowest BCUT2D eigenvalue weighted by Gasteiger charge is -2.12. The third-order valence-corrected chi connectivity index (χ3v) is 10.9. The Bertz CT molecular complexity index is 3200. The number of aromatic nitrogens is 2. The Balaban J connectivity index is 1.08. The van der Waals surface area contributed by atoms with Gasteiger partial charge in [0, 0.05) is 27.5 Å². The van der Waals surface area contributed by atoms with Crippen LogP contribution in [0.25, 0.3) is 110 Å². The zero-order valence-corrected chi connectivity index (χ0v) is 29.8. The molecule has 0 spiro atoms. The number of furan rings is 1. The lowest BCUT2D eigenvalue weighted by molar-refractivity contribution is 0.669. The minimum Gasteiger partial charge on any atom is -0.456 e. The first kappa shape index (κ1) is 31.2. The summed E-state index contributed by atoms with van der Waals surface area (Å²) < 4.78 is 6.52. The molecule has 0 fully saturated rings. The molecule has 0 aliphatic carbocycles. The van der Waals surface area contributed by atoms with Crippen LogP contribution in [-0.2, 0) is 0 Å². The first-order chi connectivity index (χ1) is 27.2. The molecule has 0 bridgehead atoms. The molecule has 0 radical (unpaired) electrons. The number of rotatable bonds is 5. The van der Waals surface area contributed by atoms with Gasteiger partial charge in [0.05, 0.1) is 11.4 Å². The van der Waals surface area contributed by atoms with E-state index in [2.05, 4.69) is 164 Å². The van der Waals surface area contributed by atoms with Crippen molar-refractivity contribution in [3.63, 3.8) is 0 Å². The van der Waals surface area contributed by atoms with Crippen molar-refractivity contribution in [1.29, 1.82) is 0 Å². The molecule has 0 N–H and O–H groups in total. The predicted molar refractivity (Wildman–Crippen MR) is 229 cm³/mol. The third kappa shape index (κ3) is 5.28. The summed E-state index contributed by atoms with van der Waals surface area (Å²) in [4.78, 5) is 10.3. The van der Waals surface area contributed by atoms with E-state index in [0.29, 0.717) is 5.82 Å². The van der Waals surface area contributed by atoms with Gasteiger partial charge in [0.1, 0.15) is 11.2 Å². The number of hydrogen-bond acceptors (Lipinski definition) is 3. The van der Waals surface area contributed by atoms with Crippen LogP contribution in [0, 0.1) is 0 Å². The van der Waals surface area contributed by atoms with E-state index in [1.807, 2.05) is 30.3 Å². The van der Waals surface area contributed by atoms with Gasteiger partial charge in [-0.3, -0.25) is 0 Å². The maximum Gasteiger partial charge on any atom is 0.160 e. The Labute approximate surface area is 317 Å².